The van der Waals surface area contributed by atoms with Crippen molar-refractivity contribution in [3.63, 3.8) is 0 Å². The van der Waals surface area contributed by atoms with E-state index in [0.717, 1.165) is 38.1 Å². The molecule has 0 radical (unpaired) electrons. The molecule has 2 atom stereocenters. The number of hydrogen-bond donors (Lipinski definition) is 2. The summed E-state index contributed by atoms with van der Waals surface area (Å²) in [5.41, 5.74) is 0. The quantitative estimate of drug-likeness (QED) is 0.628. The van der Waals surface area contributed by atoms with Gasteiger partial charge in [-0.2, -0.15) is 0 Å². The Kier molecular flexibility index (Phi) is 4.52. The van der Waals surface area contributed by atoms with Crippen molar-refractivity contribution < 1.29 is 9.47 Å². The SMILES string of the molecule is C1CC(CNCC2CO2)CCC1CNCC1CO1. The molecule has 0 spiro atoms. The van der Waals surface area contributed by atoms with Crippen LogP contribution in [0.25, 0.3) is 0 Å². The maximum Gasteiger partial charge on any atom is 0.0933 e. The fourth-order valence-electron chi connectivity index (χ4n) is 2.91. The van der Waals surface area contributed by atoms with Crippen LogP contribution >= 0.6 is 0 Å². The average Bonchev–Trinajstić information content (AvgIpc) is 3.25. The fraction of sp³-hybridized carbons (Fsp3) is 1.00. The Morgan fingerprint density at radius 3 is 1.39 bits per heavy atom. The van der Waals surface area contributed by atoms with E-state index in [9.17, 15) is 0 Å². The predicted molar refractivity (Wildman–Crippen MR) is 70.7 cm³/mol. The van der Waals surface area contributed by atoms with Crippen LogP contribution in [0, 0.1) is 11.8 Å². The first-order valence-corrected chi connectivity index (χ1v) is 7.55. The van der Waals surface area contributed by atoms with Crippen LogP contribution in [0.1, 0.15) is 25.7 Å². The lowest BCUT2D eigenvalue weighted by molar-refractivity contribution is 0.257. The summed E-state index contributed by atoms with van der Waals surface area (Å²) in [7, 11) is 0. The van der Waals surface area contributed by atoms with Crippen molar-refractivity contribution in [1.82, 2.24) is 10.6 Å². The highest BCUT2D eigenvalue weighted by Crippen LogP contribution is 2.28. The van der Waals surface area contributed by atoms with Crippen molar-refractivity contribution in [3.05, 3.63) is 0 Å². The first-order chi connectivity index (χ1) is 8.90. The van der Waals surface area contributed by atoms with Gasteiger partial charge in [0.05, 0.1) is 25.4 Å². The molecule has 2 unspecified atom stereocenters. The smallest absolute Gasteiger partial charge is 0.0933 e. The van der Waals surface area contributed by atoms with E-state index < -0.39 is 0 Å². The Morgan fingerprint density at radius 1 is 0.667 bits per heavy atom. The summed E-state index contributed by atoms with van der Waals surface area (Å²) in [6.45, 7) is 6.43. The maximum atomic E-state index is 5.20. The summed E-state index contributed by atoms with van der Waals surface area (Å²) < 4.78 is 10.4. The van der Waals surface area contributed by atoms with Crippen LogP contribution in [-0.4, -0.2) is 51.6 Å². The Labute approximate surface area is 110 Å². The largest absolute Gasteiger partial charge is 0.372 e. The number of rotatable bonds is 8. The second kappa shape index (κ2) is 6.33. The molecule has 2 N–H and O–H groups in total. The Hall–Kier alpha value is -0.160. The molecule has 0 bridgehead atoms. The van der Waals surface area contributed by atoms with Gasteiger partial charge in [-0.1, -0.05) is 0 Å². The third kappa shape index (κ3) is 4.50. The van der Waals surface area contributed by atoms with Gasteiger partial charge >= 0.3 is 0 Å². The number of hydrogen-bond acceptors (Lipinski definition) is 4. The monoisotopic (exact) mass is 254 g/mol. The first kappa shape index (κ1) is 12.9. The van der Waals surface area contributed by atoms with Gasteiger partial charge in [-0.3, -0.25) is 0 Å². The third-order valence-corrected chi connectivity index (χ3v) is 4.38. The zero-order valence-electron chi connectivity index (χ0n) is 11.2. The van der Waals surface area contributed by atoms with Gasteiger partial charge in [0, 0.05) is 13.1 Å². The van der Waals surface area contributed by atoms with Gasteiger partial charge in [0.2, 0.25) is 0 Å². The van der Waals surface area contributed by atoms with Crippen LogP contribution in [0.4, 0.5) is 0 Å². The standard InChI is InChI=1S/C14H26N2O2/c1-2-12(6-16-8-14-10-18-14)4-3-11(1)5-15-7-13-9-17-13/h11-16H,1-10H2. The van der Waals surface area contributed by atoms with Crippen LogP contribution in [-0.2, 0) is 9.47 Å². The summed E-state index contributed by atoms with van der Waals surface area (Å²) in [6.07, 6.45) is 6.62. The second-order valence-electron chi connectivity index (χ2n) is 6.11. The lowest BCUT2D eigenvalue weighted by atomic mass is 9.82. The van der Waals surface area contributed by atoms with E-state index in [4.69, 9.17) is 9.47 Å². The molecule has 3 rings (SSSR count). The third-order valence-electron chi connectivity index (χ3n) is 4.38. The highest BCUT2D eigenvalue weighted by molar-refractivity contribution is 4.79. The van der Waals surface area contributed by atoms with E-state index >= 15 is 0 Å². The van der Waals surface area contributed by atoms with Gasteiger partial charge in [0.15, 0.2) is 0 Å². The molecule has 2 aliphatic heterocycles. The topological polar surface area (TPSA) is 49.1 Å². The normalized spacial score (nSPS) is 38.7. The molecular weight excluding hydrogens is 228 g/mol. The molecule has 2 saturated heterocycles. The number of nitrogens with one attached hydrogen (secondary N) is 2. The zero-order chi connectivity index (χ0) is 12.2. The highest BCUT2D eigenvalue weighted by Gasteiger charge is 2.25. The van der Waals surface area contributed by atoms with Crippen LogP contribution in [0.3, 0.4) is 0 Å². The number of epoxide rings is 2. The van der Waals surface area contributed by atoms with Gasteiger partial charge in [0.1, 0.15) is 0 Å². The maximum absolute atomic E-state index is 5.20. The van der Waals surface area contributed by atoms with E-state index in [-0.39, 0.29) is 0 Å². The van der Waals surface area contributed by atoms with Crippen LogP contribution in [0.2, 0.25) is 0 Å². The van der Waals surface area contributed by atoms with Crippen molar-refractivity contribution in [1.29, 1.82) is 0 Å². The van der Waals surface area contributed by atoms with Gasteiger partial charge in [-0.05, 0) is 50.6 Å². The molecule has 4 nitrogen and oxygen atoms in total. The van der Waals surface area contributed by atoms with E-state index in [2.05, 4.69) is 10.6 Å². The van der Waals surface area contributed by atoms with E-state index in [1.54, 1.807) is 0 Å². The molecule has 0 aromatic heterocycles. The van der Waals surface area contributed by atoms with Crippen molar-refractivity contribution in [2.24, 2.45) is 11.8 Å². The van der Waals surface area contributed by atoms with Crippen LogP contribution < -0.4 is 10.6 Å². The van der Waals surface area contributed by atoms with Gasteiger partial charge in [-0.25, -0.2) is 0 Å². The summed E-state index contributed by atoms with van der Waals surface area (Å²) in [6, 6.07) is 0. The molecule has 4 heteroatoms. The molecule has 1 saturated carbocycles. The summed E-state index contributed by atoms with van der Waals surface area (Å²) in [4.78, 5) is 0. The molecule has 3 aliphatic rings. The van der Waals surface area contributed by atoms with Crippen molar-refractivity contribution in [3.8, 4) is 0 Å². The Morgan fingerprint density at radius 2 is 1.06 bits per heavy atom. The van der Waals surface area contributed by atoms with Crippen molar-refractivity contribution in [2.45, 2.75) is 37.9 Å². The zero-order valence-corrected chi connectivity index (χ0v) is 11.2. The minimum absolute atomic E-state index is 0.523. The molecule has 3 fully saturated rings. The Bertz CT molecular complexity index is 220. The molecule has 0 aromatic rings. The molecule has 0 amide bonds. The average molecular weight is 254 g/mol. The molecule has 18 heavy (non-hydrogen) atoms. The predicted octanol–water partition coefficient (Wildman–Crippen LogP) is 0.770. The van der Waals surface area contributed by atoms with Crippen molar-refractivity contribution in [2.75, 3.05) is 39.4 Å². The van der Waals surface area contributed by atoms with E-state index in [0.29, 0.717) is 12.2 Å². The minimum atomic E-state index is 0.523. The fourth-order valence-corrected chi connectivity index (χ4v) is 2.91. The van der Waals surface area contributed by atoms with Gasteiger partial charge in [0.25, 0.3) is 0 Å². The molecule has 0 aromatic carbocycles. The van der Waals surface area contributed by atoms with Gasteiger partial charge < -0.3 is 20.1 Å². The second-order valence-corrected chi connectivity index (χ2v) is 6.11. The first-order valence-electron chi connectivity index (χ1n) is 7.55. The van der Waals surface area contributed by atoms with E-state index in [1.165, 1.54) is 38.8 Å². The number of ether oxygens (including phenoxy) is 2. The summed E-state index contributed by atoms with van der Waals surface area (Å²) in [5.74, 6) is 1.79. The molecule has 104 valence electrons. The molecule has 2 heterocycles. The Balaban J connectivity index is 1.21. The van der Waals surface area contributed by atoms with E-state index in [1.807, 2.05) is 0 Å². The lowest BCUT2D eigenvalue weighted by Crippen LogP contribution is -2.32. The van der Waals surface area contributed by atoms with Gasteiger partial charge in [-0.15, -0.1) is 0 Å². The van der Waals surface area contributed by atoms with Crippen molar-refractivity contribution >= 4 is 0 Å². The minimum Gasteiger partial charge on any atom is -0.372 e. The van der Waals surface area contributed by atoms with Crippen LogP contribution in [0.15, 0.2) is 0 Å². The molecule has 1 aliphatic carbocycles. The summed E-state index contributed by atoms with van der Waals surface area (Å²) in [5, 5.41) is 7.08. The highest BCUT2D eigenvalue weighted by atomic mass is 16.6. The summed E-state index contributed by atoms with van der Waals surface area (Å²) >= 11 is 0. The molecular formula is C14H26N2O2. The lowest BCUT2D eigenvalue weighted by Gasteiger charge is -2.28. The van der Waals surface area contributed by atoms with Crippen LogP contribution in [0.5, 0.6) is 0 Å².